The molecule has 0 aliphatic carbocycles. The van der Waals surface area contributed by atoms with Gasteiger partial charge in [0.1, 0.15) is 23.7 Å². The molecule has 0 unspecified atom stereocenters. The van der Waals surface area contributed by atoms with Gasteiger partial charge < -0.3 is 18.8 Å². The smallest absolute Gasteiger partial charge is 0.410 e. The Morgan fingerprint density at radius 1 is 1.06 bits per heavy atom. The number of likely N-dealkylation sites (tertiary alicyclic amines) is 1. The van der Waals surface area contributed by atoms with Crippen molar-refractivity contribution in [3.63, 3.8) is 0 Å². The molecule has 1 fully saturated rings. The normalized spacial score (nSPS) is 16.2. The maximum Gasteiger partial charge on any atom is 0.410 e. The van der Waals surface area contributed by atoms with Crippen molar-refractivity contribution >= 4 is 6.09 Å². The van der Waals surface area contributed by atoms with E-state index in [0.29, 0.717) is 6.61 Å². The molecule has 1 aliphatic heterocycles. The minimum Gasteiger partial charge on any atom is -0.491 e. The van der Waals surface area contributed by atoms with E-state index in [0.717, 1.165) is 42.9 Å². The Hall–Kier alpha value is -3.21. The van der Waals surface area contributed by atoms with Crippen LogP contribution in [0.15, 0.2) is 71.3 Å². The number of amides is 1. The second kappa shape index (κ2) is 9.51. The van der Waals surface area contributed by atoms with Crippen molar-refractivity contribution in [2.24, 2.45) is 0 Å². The Labute approximate surface area is 189 Å². The maximum atomic E-state index is 12.5. The molecule has 1 saturated heterocycles. The first-order valence-electron chi connectivity index (χ1n) is 11.2. The molecule has 2 aromatic carbocycles. The summed E-state index contributed by atoms with van der Waals surface area (Å²) in [4.78, 5) is 14.3. The molecule has 2 heterocycles. The summed E-state index contributed by atoms with van der Waals surface area (Å²) in [5, 5.41) is 0. The molecular weight excluding hydrogens is 402 g/mol. The fourth-order valence-electron chi connectivity index (χ4n) is 4.03. The summed E-state index contributed by atoms with van der Waals surface area (Å²) in [6.45, 7) is 6.86. The van der Waals surface area contributed by atoms with Crippen LogP contribution >= 0.6 is 0 Å². The van der Waals surface area contributed by atoms with Crippen LogP contribution < -0.4 is 4.74 Å². The monoisotopic (exact) mass is 433 g/mol. The molecule has 32 heavy (non-hydrogen) atoms. The highest BCUT2D eigenvalue weighted by Crippen LogP contribution is 2.27. The predicted octanol–water partition coefficient (Wildman–Crippen LogP) is 6.32. The lowest BCUT2D eigenvalue weighted by molar-refractivity contribution is 0.0187. The van der Waals surface area contributed by atoms with Crippen molar-refractivity contribution in [2.75, 3.05) is 13.2 Å². The largest absolute Gasteiger partial charge is 0.491 e. The summed E-state index contributed by atoms with van der Waals surface area (Å²) < 4.78 is 17.2. The Morgan fingerprint density at radius 3 is 2.56 bits per heavy atom. The van der Waals surface area contributed by atoms with Crippen LogP contribution in [-0.4, -0.2) is 35.8 Å². The van der Waals surface area contributed by atoms with Gasteiger partial charge in [-0.15, -0.1) is 0 Å². The number of carbonyl (C=O) groups excluding carboxylic acids is 1. The van der Waals surface area contributed by atoms with Gasteiger partial charge in [0.2, 0.25) is 0 Å². The minimum atomic E-state index is -0.490. The van der Waals surface area contributed by atoms with Crippen LogP contribution in [0.1, 0.15) is 44.7 Å². The zero-order valence-corrected chi connectivity index (χ0v) is 19.0. The van der Waals surface area contributed by atoms with Crippen LogP contribution in [0, 0.1) is 0 Å². The molecule has 5 heteroatoms. The molecule has 0 bridgehead atoms. The summed E-state index contributed by atoms with van der Waals surface area (Å²) in [6, 6.07) is 20.4. The molecule has 1 aromatic heterocycles. The summed E-state index contributed by atoms with van der Waals surface area (Å²) in [5.41, 5.74) is 3.04. The highest BCUT2D eigenvalue weighted by molar-refractivity contribution is 5.69. The van der Waals surface area contributed by atoms with E-state index in [1.807, 2.05) is 51.1 Å². The van der Waals surface area contributed by atoms with Crippen LogP contribution in [-0.2, 0) is 11.2 Å². The molecule has 4 rings (SSSR count). The number of nitrogens with zero attached hydrogens (tertiary/aromatic N) is 1. The van der Waals surface area contributed by atoms with Gasteiger partial charge in [-0.1, -0.05) is 36.4 Å². The lowest BCUT2D eigenvalue weighted by Crippen LogP contribution is -2.42. The van der Waals surface area contributed by atoms with Crippen molar-refractivity contribution in [3.05, 3.63) is 78.1 Å². The van der Waals surface area contributed by atoms with E-state index in [1.54, 1.807) is 11.2 Å². The molecule has 0 N–H and O–H groups in total. The average molecular weight is 434 g/mol. The molecule has 5 nitrogen and oxygen atoms in total. The van der Waals surface area contributed by atoms with Crippen molar-refractivity contribution in [1.82, 2.24) is 4.90 Å². The first-order chi connectivity index (χ1) is 15.4. The van der Waals surface area contributed by atoms with E-state index in [9.17, 15) is 4.79 Å². The number of furan rings is 1. The van der Waals surface area contributed by atoms with Crippen LogP contribution in [0.4, 0.5) is 4.79 Å². The SMILES string of the molecule is CC(C)(C)OC(=O)N1CCC[C@@H]1COc1ccc(Cc2ccccc2-c2ccco2)cc1. The van der Waals surface area contributed by atoms with Gasteiger partial charge in [0.25, 0.3) is 0 Å². The molecule has 0 saturated carbocycles. The van der Waals surface area contributed by atoms with Crippen molar-refractivity contribution in [2.45, 2.75) is 51.7 Å². The lowest BCUT2D eigenvalue weighted by Gasteiger charge is -2.28. The molecule has 1 aliphatic rings. The fraction of sp³-hybridized carbons (Fsp3) is 0.370. The van der Waals surface area contributed by atoms with Crippen molar-refractivity contribution in [1.29, 1.82) is 0 Å². The fourth-order valence-corrected chi connectivity index (χ4v) is 4.03. The van der Waals surface area contributed by atoms with Crippen molar-refractivity contribution < 1.29 is 18.7 Å². The van der Waals surface area contributed by atoms with Gasteiger partial charge >= 0.3 is 6.09 Å². The number of hydrogen-bond donors (Lipinski definition) is 0. The summed E-state index contributed by atoms with van der Waals surface area (Å²) in [5.74, 6) is 1.69. The van der Waals surface area contributed by atoms with Gasteiger partial charge in [-0.25, -0.2) is 4.79 Å². The molecule has 0 spiro atoms. The first kappa shape index (κ1) is 22.0. The molecule has 1 amide bonds. The highest BCUT2D eigenvalue weighted by atomic mass is 16.6. The van der Waals surface area contributed by atoms with Crippen LogP contribution in [0.3, 0.4) is 0 Å². The van der Waals surface area contributed by atoms with Gasteiger partial charge in [-0.3, -0.25) is 0 Å². The minimum absolute atomic E-state index is 0.0460. The molecule has 168 valence electrons. The van der Waals surface area contributed by atoms with Crippen molar-refractivity contribution in [3.8, 4) is 17.1 Å². The molecular formula is C27H31NO4. The van der Waals surface area contributed by atoms with Gasteiger partial charge in [0, 0.05) is 12.1 Å². The van der Waals surface area contributed by atoms with E-state index in [-0.39, 0.29) is 12.1 Å². The second-order valence-electron chi connectivity index (χ2n) is 9.24. The topological polar surface area (TPSA) is 51.9 Å². The molecule has 3 aromatic rings. The number of hydrogen-bond acceptors (Lipinski definition) is 4. The Morgan fingerprint density at radius 2 is 1.84 bits per heavy atom. The zero-order chi connectivity index (χ0) is 22.6. The van der Waals surface area contributed by atoms with E-state index in [4.69, 9.17) is 13.9 Å². The number of carbonyl (C=O) groups is 1. The van der Waals surface area contributed by atoms with Crippen LogP contribution in [0.5, 0.6) is 5.75 Å². The third-order valence-corrected chi connectivity index (χ3v) is 5.57. The van der Waals surface area contributed by atoms with Gasteiger partial charge in [0.05, 0.1) is 12.3 Å². The first-order valence-corrected chi connectivity index (χ1v) is 11.2. The highest BCUT2D eigenvalue weighted by Gasteiger charge is 2.32. The average Bonchev–Trinajstić information content (AvgIpc) is 3.45. The molecule has 0 radical (unpaired) electrons. The van der Waals surface area contributed by atoms with E-state index >= 15 is 0 Å². The standard InChI is InChI=1S/C27H31NO4/c1-27(2,3)32-26(29)28-16-6-9-22(28)19-31-23-14-12-20(13-15-23)18-21-8-4-5-10-24(21)25-11-7-17-30-25/h4-5,7-8,10-15,17,22H,6,9,16,18-19H2,1-3H3/t22-/m1/s1. The summed E-state index contributed by atoms with van der Waals surface area (Å²) in [7, 11) is 0. The van der Waals surface area contributed by atoms with E-state index < -0.39 is 5.60 Å². The Kier molecular flexibility index (Phi) is 6.54. The Bertz CT molecular complexity index is 1020. The third-order valence-electron chi connectivity index (χ3n) is 5.57. The molecule has 1 atom stereocenters. The van der Waals surface area contributed by atoms with Crippen LogP contribution in [0.25, 0.3) is 11.3 Å². The van der Waals surface area contributed by atoms with E-state index in [2.05, 4.69) is 30.3 Å². The third kappa shape index (κ3) is 5.52. The van der Waals surface area contributed by atoms with Crippen LogP contribution in [0.2, 0.25) is 0 Å². The predicted molar refractivity (Wildman–Crippen MR) is 125 cm³/mol. The number of rotatable bonds is 6. The Balaban J connectivity index is 1.35. The van der Waals surface area contributed by atoms with Gasteiger partial charge in [-0.2, -0.15) is 0 Å². The lowest BCUT2D eigenvalue weighted by atomic mass is 9.98. The maximum absolute atomic E-state index is 12.5. The number of ether oxygens (including phenoxy) is 2. The number of benzene rings is 2. The van der Waals surface area contributed by atoms with Gasteiger partial charge in [0.15, 0.2) is 0 Å². The quantitative estimate of drug-likeness (QED) is 0.457. The zero-order valence-electron chi connectivity index (χ0n) is 19.0. The van der Waals surface area contributed by atoms with E-state index in [1.165, 1.54) is 11.1 Å². The summed E-state index contributed by atoms with van der Waals surface area (Å²) in [6.07, 6.45) is 4.16. The second-order valence-corrected chi connectivity index (χ2v) is 9.24. The summed E-state index contributed by atoms with van der Waals surface area (Å²) >= 11 is 0. The van der Waals surface area contributed by atoms with Gasteiger partial charge in [-0.05, 0) is 75.4 Å².